The highest BCUT2D eigenvalue weighted by molar-refractivity contribution is 5.39. The summed E-state index contributed by atoms with van der Waals surface area (Å²) in [6.45, 7) is 4.93. The van der Waals surface area contributed by atoms with Crippen molar-refractivity contribution in [2.75, 3.05) is 7.05 Å². The zero-order valence-corrected chi connectivity index (χ0v) is 10.4. The van der Waals surface area contributed by atoms with Crippen LogP contribution in [0.4, 0.5) is 0 Å². The Labute approximate surface area is 101 Å². The number of tetrazole rings is 1. The molecule has 0 bridgehead atoms. The molecule has 90 valence electrons. The first-order valence-electron chi connectivity index (χ1n) is 5.78. The molecule has 2 rings (SSSR count). The van der Waals surface area contributed by atoms with Gasteiger partial charge in [-0.05, 0) is 54.1 Å². The van der Waals surface area contributed by atoms with Crippen LogP contribution in [-0.4, -0.2) is 27.3 Å². The average Bonchev–Trinajstić information content (AvgIpc) is 2.78. The van der Waals surface area contributed by atoms with Crippen molar-refractivity contribution in [1.82, 2.24) is 25.5 Å². The predicted octanol–water partition coefficient (Wildman–Crippen LogP) is 1.25. The number of hydrogen-bond acceptors (Lipinski definition) is 4. The van der Waals surface area contributed by atoms with Crippen molar-refractivity contribution < 1.29 is 0 Å². The van der Waals surface area contributed by atoms with Crippen LogP contribution < -0.4 is 5.32 Å². The smallest absolute Gasteiger partial charge is 0.170 e. The van der Waals surface area contributed by atoms with Gasteiger partial charge in [-0.2, -0.15) is 4.68 Å². The van der Waals surface area contributed by atoms with Crippen molar-refractivity contribution in [2.24, 2.45) is 0 Å². The molecule has 2 aromatic rings. The van der Waals surface area contributed by atoms with Crippen molar-refractivity contribution >= 4 is 0 Å². The number of hydrogen-bond donors (Lipinski definition) is 1. The van der Waals surface area contributed by atoms with Gasteiger partial charge in [0.25, 0.3) is 0 Å². The molecule has 1 N–H and O–H groups in total. The minimum atomic E-state index is 0.654. The Morgan fingerprint density at radius 1 is 1.35 bits per heavy atom. The number of aryl methyl sites for hydroxylation is 2. The molecule has 0 atom stereocenters. The van der Waals surface area contributed by atoms with Gasteiger partial charge in [0.1, 0.15) is 0 Å². The quantitative estimate of drug-likeness (QED) is 0.860. The summed E-state index contributed by atoms with van der Waals surface area (Å²) >= 11 is 0. The molecule has 0 aliphatic rings. The lowest BCUT2D eigenvalue weighted by molar-refractivity contribution is 0.708. The summed E-state index contributed by atoms with van der Waals surface area (Å²) in [5.74, 6) is 0.816. The zero-order chi connectivity index (χ0) is 12.3. The van der Waals surface area contributed by atoms with E-state index in [9.17, 15) is 0 Å². The number of nitrogens with zero attached hydrogens (tertiary/aromatic N) is 4. The van der Waals surface area contributed by atoms with Crippen LogP contribution in [0.25, 0.3) is 5.69 Å². The molecule has 5 nitrogen and oxygen atoms in total. The Balaban J connectivity index is 2.39. The summed E-state index contributed by atoms with van der Waals surface area (Å²) in [5, 5.41) is 14.8. The predicted molar refractivity (Wildman–Crippen MR) is 66.0 cm³/mol. The van der Waals surface area contributed by atoms with E-state index in [-0.39, 0.29) is 0 Å². The standard InChI is InChI=1S/C12H17N5/c1-4-10-5-6-11(7-9(10)2)17-12(8-13-3)14-15-16-17/h5-7,13H,4,8H2,1-3H3. The van der Waals surface area contributed by atoms with E-state index in [1.165, 1.54) is 11.1 Å². The van der Waals surface area contributed by atoms with Gasteiger partial charge in [0, 0.05) is 0 Å². The van der Waals surface area contributed by atoms with Crippen molar-refractivity contribution in [3.63, 3.8) is 0 Å². The SMILES string of the molecule is CCc1ccc(-n2nnnc2CNC)cc1C. The lowest BCUT2D eigenvalue weighted by Crippen LogP contribution is -2.12. The molecule has 0 unspecified atom stereocenters. The molecule has 0 aliphatic heterocycles. The van der Waals surface area contributed by atoms with Crippen LogP contribution in [0.2, 0.25) is 0 Å². The Morgan fingerprint density at radius 2 is 2.18 bits per heavy atom. The van der Waals surface area contributed by atoms with Gasteiger partial charge in [-0.15, -0.1) is 5.10 Å². The van der Waals surface area contributed by atoms with Crippen molar-refractivity contribution in [3.05, 3.63) is 35.2 Å². The maximum absolute atomic E-state index is 4.02. The fourth-order valence-corrected chi connectivity index (χ4v) is 1.88. The van der Waals surface area contributed by atoms with Gasteiger partial charge in [-0.1, -0.05) is 13.0 Å². The largest absolute Gasteiger partial charge is 0.313 e. The molecule has 1 aromatic heterocycles. The first-order valence-corrected chi connectivity index (χ1v) is 5.78. The Kier molecular flexibility index (Phi) is 3.49. The van der Waals surface area contributed by atoms with Crippen LogP contribution in [0.15, 0.2) is 18.2 Å². The summed E-state index contributed by atoms with van der Waals surface area (Å²) < 4.78 is 1.77. The number of nitrogens with one attached hydrogen (secondary N) is 1. The van der Waals surface area contributed by atoms with E-state index in [1.54, 1.807) is 4.68 Å². The lowest BCUT2D eigenvalue weighted by atomic mass is 10.1. The van der Waals surface area contributed by atoms with Gasteiger partial charge < -0.3 is 5.32 Å². The number of rotatable bonds is 4. The highest BCUT2D eigenvalue weighted by atomic mass is 15.5. The normalized spacial score (nSPS) is 10.8. The second-order valence-corrected chi connectivity index (χ2v) is 4.00. The highest BCUT2D eigenvalue weighted by Gasteiger charge is 2.08. The van der Waals surface area contributed by atoms with E-state index >= 15 is 0 Å². The van der Waals surface area contributed by atoms with Crippen LogP contribution in [0.3, 0.4) is 0 Å². The third kappa shape index (κ3) is 2.34. The fourth-order valence-electron chi connectivity index (χ4n) is 1.88. The monoisotopic (exact) mass is 231 g/mol. The van der Waals surface area contributed by atoms with E-state index < -0.39 is 0 Å². The van der Waals surface area contributed by atoms with Gasteiger partial charge >= 0.3 is 0 Å². The summed E-state index contributed by atoms with van der Waals surface area (Å²) in [6.07, 6.45) is 1.05. The van der Waals surface area contributed by atoms with Crippen LogP contribution in [0.5, 0.6) is 0 Å². The molecule has 1 heterocycles. The number of aromatic nitrogens is 4. The van der Waals surface area contributed by atoms with Crippen molar-refractivity contribution in [2.45, 2.75) is 26.8 Å². The molecule has 17 heavy (non-hydrogen) atoms. The fraction of sp³-hybridized carbons (Fsp3) is 0.417. The number of benzene rings is 1. The molecule has 0 saturated carbocycles. The van der Waals surface area contributed by atoms with E-state index in [1.807, 2.05) is 7.05 Å². The second kappa shape index (κ2) is 5.05. The first-order chi connectivity index (χ1) is 8.26. The maximum Gasteiger partial charge on any atom is 0.170 e. The summed E-state index contributed by atoms with van der Waals surface area (Å²) in [5.41, 5.74) is 3.64. The van der Waals surface area contributed by atoms with E-state index in [0.29, 0.717) is 6.54 Å². The summed E-state index contributed by atoms with van der Waals surface area (Å²) in [7, 11) is 1.88. The molecule has 0 spiro atoms. The minimum Gasteiger partial charge on any atom is -0.313 e. The van der Waals surface area contributed by atoms with E-state index in [4.69, 9.17) is 0 Å². The molecule has 0 saturated heterocycles. The minimum absolute atomic E-state index is 0.654. The van der Waals surface area contributed by atoms with Gasteiger partial charge in [0.15, 0.2) is 5.82 Å². The molecule has 0 fully saturated rings. The topological polar surface area (TPSA) is 55.6 Å². The molecule has 0 radical (unpaired) electrons. The summed E-state index contributed by atoms with van der Waals surface area (Å²) in [4.78, 5) is 0. The first kappa shape index (κ1) is 11.7. The molecular formula is C12H17N5. The Morgan fingerprint density at radius 3 is 2.82 bits per heavy atom. The van der Waals surface area contributed by atoms with Crippen LogP contribution in [-0.2, 0) is 13.0 Å². The molecular weight excluding hydrogens is 214 g/mol. The maximum atomic E-state index is 4.02. The van der Waals surface area contributed by atoms with Gasteiger partial charge in [-0.3, -0.25) is 0 Å². The van der Waals surface area contributed by atoms with Crippen molar-refractivity contribution in [3.8, 4) is 5.69 Å². The average molecular weight is 231 g/mol. The molecule has 5 heteroatoms. The van der Waals surface area contributed by atoms with E-state index in [2.05, 4.69) is 52.9 Å². The third-order valence-electron chi connectivity index (χ3n) is 2.82. The Bertz CT molecular complexity index is 503. The van der Waals surface area contributed by atoms with E-state index in [0.717, 1.165) is 17.9 Å². The van der Waals surface area contributed by atoms with Crippen LogP contribution in [0.1, 0.15) is 23.9 Å². The van der Waals surface area contributed by atoms with Crippen LogP contribution in [0, 0.1) is 6.92 Å². The lowest BCUT2D eigenvalue weighted by Gasteiger charge is -2.08. The highest BCUT2D eigenvalue weighted by Crippen LogP contribution is 2.15. The van der Waals surface area contributed by atoms with Gasteiger partial charge in [0.05, 0.1) is 12.2 Å². The van der Waals surface area contributed by atoms with Crippen LogP contribution >= 0.6 is 0 Å². The molecule has 0 amide bonds. The molecule has 0 aliphatic carbocycles. The van der Waals surface area contributed by atoms with Crippen molar-refractivity contribution in [1.29, 1.82) is 0 Å². The van der Waals surface area contributed by atoms with Gasteiger partial charge in [-0.25, -0.2) is 0 Å². The Hall–Kier alpha value is -1.75. The third-order valence-corrected chi connectivity index (χ3v) is 2.82. The summed E-state index contributed by atoms with van der Waals surface area (Å²) in [6, 6.07) is 6.31. The molecule has 1 aromatic carbocycles. The second-order valence-electron chi connectivity index (χ2n) is 4.00. The zero-order valence-electron chi connectivity index (χ0n) is 10.4. The van der Waals surface area contributed by atoms with Gasteiger partial charge in [0.2, 0.25) is 0 Å².